The van der Waals surface area contributed by atoms with Crippen molar-refractivity contribution in [1.82, 2.24) is 5.32 Å². The number of hydrogen-bond donors (Lipinski definition) is 1. The van der Waals surface area contributed by atoms with Gasteiger partial charge in [-0.2, -0.15) is 0 Å². The normalized spacial score (nSPS) is 22.9. The van der Waals surface area contributed by atoms with Gasteiger partial charge in [0, 0.05) is 12.0 Å². The molecule has 1 N–H and O–H groups in total. The third-order valence-corrected chi connectivity index (χ3v) is 3.86. The van der Waals surface area contributed by atoms with Crippen LogP contribution in [0.15, 0.2) is 18.2 Å². The van der Waals surface area contributed by atoms with Gasteiger partial charge in [0.05, 0.1) is 0 Å². The van der Waals surface area contributed by atoms with E-state index in [-0.39, 0.29) is 11.4 Å². The number of carbonyl (C=O) groups excluding carboxylic acids is 1. The second-order valence-electron chi connectivity index (χ2n) is 6.60. The van der Waals surface area contributed by atoms with Crippen LogP contribution in [0.4, 0.5) is 0 Å². The Morgan fingerprint density at radius 2 is 1.84 bits per heavy atom. The second kappa shape index (κ2) is 5.36. The molecule has 1 aliphatic rings. The first-order chi connectivity index (χ1) is 8.88. The van der Waals surface area contributed by atoms with Crippen molar-refractivity contribution >= 4 is 5.91 Å². The Morgan fingerprint density at radius 1 is 1.21 bits per heavy atom. The minimum Gasteiger partial charge on any atom is -0.350 e. The van der Waals surface area contributed by atoms with Gasteiger partial charge in [-0.3, -0.25) is 4.79 Å². The molecule has 1 aliphatic heterocycles. The van der Waals surface area contributed by atoms with Crippen LogP contribution in [0.25, 0.3) is 0 Å². The average molecular weight is 259 g/mol. The zero-order valence-corrected chi connectivity index (χ0v) is 12.5. The van der Waals surface area contributed by atoms with Gasteiger partial charge in [-0.1, -0.05) is 43.2 Å². The van der Waals surface area contributed by atoms with Crippen LogP contribution in [-0.4, -0.2) is 11.4 Å². The molecule has 1 heterocycles. The Bertz CT molecular complexity index is 458. The van der Waals surface area contributed by atoms with Crippen LogP contribution in [-0.2, 0) is 11.2 Å². The highest BCUT2D eigenvalue weighted by Gasteiger charge is 2.38. The number of hydrogen-bond acceptors (Lipinski definition) is 1. The molecule has 1 aromatic rings. The Morgan fingerprint density at radius 3 is 2.32 bits per heavy atom. The summed E-state index contributed by atoms with van der Waals surface area (Å²) < 4.78 is 0. The highest BCUT2D eigenvalue weighted by atomic mass is 16.2. The lowest BCUT2D eigenvalue weighted by Gasteiger charge is -2.31. The maximum Gasteiger partial charge on any atom is 0.220 e. The molecule has 2 rings (SSSR count). The zero-order chi connectivity index (χ0) is 14.0. The molecule has 0 aliphatic carbocycles. The Balaban J connectivity index is 2.22. The lowest BCUT2D eigenvalue weighted by Crippen LogP contribution is -2.44. The van der Waals surface area contributed by atoms with E-state index >= 15 is 0 Å². The first-order valence-corrected chi connectivity index (χ1v) is 7.27. The third-order valence-electron chi connectivity index (χ3n) is 3.86. The SMILES string of the molecule is Cc1cc(C)cc(CC2(CC(C)C)CCC(=O)N2)c1. The van der Waals surface area contributed by atoms with E-state index in [1.54, 1.807) is 0 Å². The van der Waals surface area contributed by atoms with E-state index in [0.29, 0.717) is 12.3 Å². The smallest absolute Gasteiger partial charge is 0.220 e. The van der Waals surface area contributed by atoms with Crippen molar-refractivity contribution in [2.45, 2.75) is 58.9 Å². The molecule has 1 unspecified atom stereocenters. The summed E-state index contributed by atoms with van der Waals surface area (Å²) >= 11 is 0. The van der Waals surface area contributed by atoms with Gasteiger partial charge in [0.15, 0.2) is 0 Å². The quantitative estimate of drug-likeness (QED) is 0.880. The third kappa shape index (κ3) is 3.59. The maximum atomic E-state index is 11.7. The predicted octanol–water partition coefficient (Wildman–Crippen LogP) is 3.54. The summed E-state index contributed by atoms with van der Waals surface area (Å²) in [5, 5.41) is 3.25. The highest BCUT2D eigenvalue weighted by Crippen LogP contribution is 2.31. The van der Waals surface area contributed by atoms with E-state index in [4.69, 9.17) is 0 Å². The van der Waals surface area contributed by atoms with Gasteiger partial charge >= 0.3 is 0 Å². The van der Waals surface area contributed by atoms with Crippen LogP contribution in [0, 0.1) is 19.8 Å². The molecule has 0 spiro atoms. The Kier molecular flexibility index (Phi) is 3.98. The van der Waals surface area contributed by atoms with Gasteiger partial charge in [0.25, 0.3) is 0 Å². The molecule has 104 valence electrons. The van der Waals surface area contributed by atoms with Crippen molar-refractivity contribution in [1.29, 1.82) is 0 Å². The second-order valence-corrected chi connectivity index (χ2v) is 6.60. The van der Waals surface area contributed by atoms with Crippen molar-refractivity contribution in [3.8, 4) is 0 Å². The average Bonchev–Trinajstić information content (AvgIpc) is 2.56. The van der Waals surface area contributed by atoms with Gasteiger partial charge < -0.3 is 5.32 Å². The summed E-state index contributed by atoms with van der Waals surface area (Å²) in [6.07, 6.45) is 3.67. The van der Waals surface area contributed by atoms with Gasteiger partial charge in [0.2, 0.25) is 5.91 Å². The molecule has 1 aromatic carbocycles. The van der Waals surface area contributed by atoms with Crippen LogP contribution < -0.4 is 5.32 Å². The summed E-state index contributed by atoms with van der Waals surface area (Å²) in [6, 6.07) is 6.70. The monoisotopic (exact) mass is 259 g/mol. The number of rotatable bonds is 4. The molecule has 1 atom stereocenters. The molecule has 0 bridgehead atoms. The minimum atomic E-state index is -0.0223. The van der Waals surface area contributed by atoms with E-state index in [0.717, 1.165) is 19.3 Å². The van der Waals surface area contributed by atoms with Crippen molar-refractivity contribution in [2.75, 3.05) is 0 Å². The number of benzene rings is 1. The molecule has 1 fully saturated rings. The van der Waals surface area contributed by atoms with Crippen molar-refractivity contribution in [3.63, 3.8) is 0 Å². The number of nitrogens with one attached hydrogen (secondary N) is 1. The molecule has 0 aromatic heterocycles. The first-order valence-electron chi connectivity index (χ1n) is 7.27. The van der Waals surface area contributed by atoms with Crippen molar-refractivity contribution in [2.24, 2.45) is 5.92 Å². The van der Waals surface area contributed by atoms with E-state index in [2.05, 4.69) is 51.2 Å². The molecular weight excluding hydrogens is 234 g/mol. The van der Waals surface area contributed by atoms with Crippen LogP contribution >= 0.6 is 0 Å². The van der Waals surface area contributed by atoms with Crippen LogP contribution in [0.5, 0.6) is 0 Å². The fourth-order valence-corrected chi connectivity index (χ4v) is 3.47. The maximum absolute atomic E-state index is 11.7. The van der Waals surface area contributed by atoms with Gasteiger partial charge in [-0.15, -0.1) is 0 Å². The molecule has 1 saturated heterocycles. The van der Waals surface area contributed by atoms with Gasteiger partial charge in [-0.25, -0.2) is 0 Å². The first kappa shape index (κ1) is 14.1. The molecular formula is C17H25NO. The molecule has 1 amide bonds. The topological polar surface area (TPSA) is 29.1 Å². The standard InChI is InChI=1S/C17H25NO/c1-12(2)10-17(6-5-16(19)18-17)11-15-8-13(3)7-14(4)9-15/h7-9,12H,5-6,10-11H2,1-4H3,(H,18,19). The highest BCUT2D eigenvalue weighted by molar-refractivity contribution is 5.79. The summed E-state index contributed by atoms with van der Waals surface area (Å²) in [6.45, 7) is 8.74. The minimum absolute atomic E-state index is 0.0223. The lowest BCUT2D eigenvalue weighted by atomic mass is 9.81. The summed E-state index contributed by atoms with van der Waals surface area (Å²) in [5.74, 6) is 0.814. The summed E-state index contributed by atoms with van der Waals surface area (Å²) in [5.41, 5.74) is 3.93. The molecule has 0 radical (unpaired) electrons. The number of aryl methyl sites for hydroxylation is 2. The van der Waals surface area contributed by atoms with E-state index in [9.17, 15) is 4.79 Å². The van der Waals surface area contributed by atoms with Crippen molar-refractivity contribution < 1.29 is 4.79 Å². The lowest BCUT2D eigenvalue weighted by molar-refractivity contribution is -0.119. The Hall–Kier alpha value is -1.31. The number of amides is 1. The summed E-state index contributed by atoms with van der Waals surface area (Å²) in [7, 11) is 0. The summed E-state index contributed by atoms with van der Waals surface area (Å²) in [4.78, 5) is 11.7. The molecule has 2 heteroatoms. The molecule has 19 heavy (non-hydrogen) atoms. The van der Waals surface area contributed by atoms with E-state index in [1.807, 2.05) is 0 Å². The molecule has 0 saturated carbocycles. The van der Waals surface area contributed by atoms with Crippen LogP contribution in [0.1, 0.15) is 49.8 Å². The Labute approximate surface area is 116 Å². The van der Waals surface area contributed by atoms with Gasteiger partial charge in [0.1, 0.15) is 0 Å². The van der Waals surface area contributed by atoms with E-state index < -0.39 is 0 Å². The largest absolute Gasteiger partial charge is 0.350 e. The van der Waals surface area contributed by atoms with Crippen molar-refractivity contribution in [3.05, 3.63) is 34.9 Å². The fourth-order valence-electron chi connectivity index (χ4n) is 3.47. The molecule has 2 nitrogen and oxygen atoms in total. The zero-order valence-electron chi connectivity index (χ0n) is 12.5. The van der Waals surface area contributed by atoms with Crippen LogP contribution in [0.3, 0.4) is 0 Å². The van der Waals surface area contributed by atoms with Gasteiger partial charge in [-0.05, 0) is 44.6 Å². The number of carbonyl (C=O) groups is 1. The fraction of sp³-hybridized carbons (Fsp3) is 0.588. The van der Waals surface area contributed by atoms with Crippen LogP contribution in [0.2, 0.25) is 0 Å². The van der Waals surface area contributed by atoms with E-state index in [1.165, 1.54) is 16.7 Å². The predicted molar refractivity (Wildman–Crippen MR) is 79.2 cm³/mol.